The van der Waals surface area contributed by atoms with Gasteiger partial charge in [0.2, 0.25) is 0 Å². The molecule has 0 spiro atoms. The number of para-hydroxylation sites is 3. The summed E-state index contributed by atoms with van der Waals surface area (Å²) in [7, 11) is 0. The summed E-state index contributed by atoms with van der Waals surface area (Å²) in [6.07, 6.45) is 0.618. The van der Waals surface area contributed by atoms with E-state index in [2.05, 4.69) is 10.6 Å². The summed E-state index contributed by atoms with van der Waals surface area (Å²) in [5.41, 5.74) is 10.2. The average molecular weight is 387 g/mol. The first-order valence-corrected chi connectivity index (χ1v) is 9.41. The van der Waals surface area contributed by atoms with E-state index in [0.29, 0.717) is 29.0 Å². The first-order chi connectivity index (χ1) is 14.1. The Labute approximate surface area is 168 Å². The van der Waals surface area contributed by atoms with E-state index in [9.17, 15) is 9.59 Å². The Kier molecular flexibility index (Phi) is 5.16. The highest BCUT2D eigenvalue weighted by molar-refractivity contribution is 6.05. The van der Waals surface area contributed by atoms with Crippen LogP contribution in [0.1, 0.15) is 34.0 Å². The molecule has 0 saturated carbocycles. The molecular weight excluding hydrogens is 366 g/mol. The predicted octanol–water partition coefficient (Wildman–Crippen LogP) is 4.76. The van der Waals surface area contributed by atoms with E-state index in [1.807, 2.05) is 42.5 Å². The molecule has 3 aromatic carbocycles. The van der Waals surface area contributed by atoms with Gasteiger partial charge >= 0.3 is 6.09 Å². The molecule has 0 fully saturated rings. The van der Waals surface area contributed by atoms with E-state index in [1.54, 1.807) is 30.3 Å². The number of nitrogens with one attached hydrogen (secondary N) is 2. The maximum absolute atomic E-state index is 12.6. The average Bonchev–Trinajstić information content (AvgIpc) is 3.12. The van der Waals surface area contributed by atoms with E-state index in [0.717, 1.165) is 17.5 Å². The number of ether oxygens (including phenoxy) is 1. The van der Waals surface area contributed by atoms with E-state index in [4.69, 9.17) is 10.5 Å². The van der Waals surface area contributed by atoms with Gasteiger partial charge in [0.05, 0.1) is 11.4 Å². The third-order valence-electron chi connectivity index (χ3n) is 4.91. The molecule has 6 nitrogen and oxygen atoms in total. The van der Waals surface area contributed by atoms with Crippen LogP contribution in [0.2, 0.25) is 0 Å². The number of rotatable bonds is 4. The van der Waals surface area contributed by atoms with Crippen molar-refractivity contribution < 1.29 is 14.3 Å². The number of hydrogen-bond acceptors (Lipinski definition) is 4. The Morgan fingerprint density at radius 3 is 2.48 bits per heavy atom. The van der Waals surface area contributed by atoms with Crippen LogP contribution in [-0.4, -0.2) is 12.0 Å². The maximum Gasteiger partial charge on any atom is 0.412 e. The highest BCUT2D eigenvalue weighted by atomic mass is 16.6. The van der Waals surface area contributed by atoms with Crippen molar-refractivity contribution in [2.24, 2.45) is 0 Å². The summed E-state index contributed by atoms with van der Waals surface area (Å²) in [6, 6.07) is 21.7. The molecule has 0 heterocycles. The molecule has 1 aliphatic carbocycles. The zero-order valence-corrected chi connectivity index (χ0v) is 15.7. The maximum atomic E-state index is 12.6. The number of carbonyl (C=O) groups excluding carboxylic acids is 2. The molecule has 3 aromatic rings. The van der Waals surface area contributed by atoms with Gasteiger partial charge in [0.1, 0.15) is 6.10 Å². The lowest BCUT2D eigenvalue weighted by atomic mass is 10.0. The van der Waals surface area contributed by atoms with Gasteiger partial charge < -0.3 is 15.8 Å². The molecule has 1 unspecified atom stereocenters. The zero-order valence-electron chi connectivity index (χ0n) is 15.7. The van der Waals surface area contributed by atoms with E-state index in [-0.39, 0.29) is 12.0 Å². The van der Waals surface area contributed by atoms with Gasteiger partial charge in [-0.15, -0.1) is 0 Å². The van der Waals surface area contributed by atoms with Crippen LogP contribution in [0.3, 0.4) is 0 Å². The van der Waals surface area contributed by atoms with Crippen molar-refractivity contribution in [3.05, 3.63) is 89.5 Å². The topological polar surface area (TPSA) is 93.4 Å². The van der Waals surface area contributed by atoms with Crippen LogP contribution in [0.5, 0.6) is 0 Å². The number of nitrogen functional groups attached to an aromatic ring is 1. The normalized spacial score (nSPS) is 14.7. The van der Waals surface area contributed by atoms with Crippen molar-refractivity contribution in [1.29, 1.82) is 0 Å². The first kappa shape index (κ1) is 18.6. The summed E-state index contributed by atoms with van der Waals surface area (Å²) in [5.74, 6) is -0.225. The molecule has 6 heteroatoms. The van der Waals surface area contributed by atoms with Gasteiger partial charge in [0.15, 0.2) is 0 Å². The third kappa shape index (κ3) is 4.21. The van der Waals surface area contributed by atoms with Gasteiger partial charge in [0, 0.05) is 11.3 Å². The summed E-state index contributed by atoms with van der Waals surface area (Å²) >= 11 is 0. The van der Waals surface area contributed by atoms with Crippen LogP contribution in [-0.2, 0) is 11.2 Å². The second kappa shape index (κ2) is 8.06. The van der Waals surface area contributed by atoms with Crippen LogP contribution in [0.15, 0.2) is 72.8 Å². The number of fused-ring (bicyclic) bond motifs is 1. The molecule has 29 heavy (non-hydrogen) atoms. The number of aryl methyl sites for hydroxylation is 1. The highest BCUT2D eigenvalue weighted by Crippen LogP contribution is 2.35. The van der Waals surface area contributed by atoms with Gasteiger partial charge in [-0.1, -0.05) is 36.4 Å². The lowest BCUT2D eigenvalue weighted by Gasteiger charge is -2.14. The van der Waals surface area contributed by atoms with Gasteiger partial charge in [0.25, 0.3) is 5.91 Å². The molecule has 1 aliphatic rings. The van der Waals surface area contributed by atoms with Gasteiger partial charge in [-0.25, -0.2) is 4.79 Å². The van der Waals surface area contributed by atoms with Crippen LogP contribution in [0.4, 0.5) is 21.9 Å². The molecule has 0 saturated heterocycles. The van der Waals surface area contributed by atoms with E-state index >= 15 is 0 Å². The van der Waals surface area contributed by atoms with E-state index < -0.39 is 6.09 Å². The fraction of sp³-hybridized carbons (Fsp3) is 0.130. The van der Waals surface area contributed by atoms with Crippen LogP contribution in [0, 0.1) is 0 Å². The summed E-state index contributed by atoms with van der Waals surface area (Å²) in [4.78, 5) is 24.7. The van der Waals surface area contributed by atoms with Gasteiger partial charge in [-0.3, -0.25) is 10.1 Å². The minimum absolute atomic E-state index is 0.225. The van der Waals surface area contributed by atoms with Crippen LogP contribution >= 0.6 is 0 Å². The Morgan fingerprint density at radius 2 is 1.69 bits per heavy atom. The summed E-state index contributed by atoms with van der Waals surface area (Å²) in [5, 5.41) is 5.55. The van der Waals surface area contributed by atoms with Crippen molar-refractivity contribution in [3.8, 4) is 0 Å². The predicted molar refractivity (Wildman–Crippen MR) is 113 cm³/mol. The second-order valence-corrected chi connectivity index (χ2v) is 6.88. The third-order valence-corrected chi connectivity index (χ3v) is 4.91. The van der Waals surface area contributed by atoms with Crippen LogP contribution in [0.25, 0.3) is 0 Å². The van der Waals surface area contributed by atoms with Gasteiger partial charge in [-0.05, 0) is 60.4 Å². The summed E-state index contributed by atoms with van der Waals surface area (Å²) < 4.78 is 5.59. The lowest BCUT2D eigenvalue weighted by molar-refractivity contribution is 0.102. The van der Waals surface area contributed by atoms with Crippen molar-refractivity contribution in [3.63, 3.8) is 0 Å². The molecule has 0 radical (unpaired) electrons. The van der Waals surface area contributed by atoms with E-state index in [1.165, 1.54) is 0 Å². The minimum Gasteiger partial charge on any atom is -0.441 e. The Bertz CT molecular complexity index is 1050. The monoisotopic (exact) mass is 387 g/mol. The van der Waals surface area contributed by atoms with Gasteiger partial charge in [-0.2, -0.15) is 0 Å². The quantitative estimate of drug-likeness (QED) is 0.563. The first-order valence-electron chi connectivity index (χ1n) is 9.41. The summed E-state index contributed by atoms with van der Waals surface area (Å²) in [6.45, 7) is 0. The second-order valence-electron chi connectivity index (χ2n) is 6.88. The Morgan fingerprint density at radius 1 is 0.931 bits per heavy atom. The smallest absolute Gasteiger partial charge is 0.412 e. The molecule has 2 amide bonds. The van der Waals surface area contributed by atoms with Crippen molar-refractivity contribution >= 4 is 29.1 Å². The zero-order chi connectivity index (χ0) is 20.2. The largest absolute Gasteiger partial charge is 0.441 e. The Balaban J connectivity index is 1.43. The number of benzene rings is 3. The fourth-order valence-electron chi connectivity index (χ4n) is 3.45. The molecule has 0 aliphatic heterocycles. The standard InChI is InChI=1S/C23H21N3O3/c24-19-8-4-5-9-20(19)26-22(27)16-10-12-18-15(14-16)11-13-21(18)29-23(28)25-17-6-2-1-3-7-17/h1-10,12,14,21H,11,13,24H2,(H,25,28)(H,26,27). The number of amides is 2. The number of nitrogens with two attached hydrogens (primary N) is 1. The highest BCUT2D eigenvalue weighted by Gasteiger charge is 2.27. The fourth-order valence-corrected chi connectivity index (χ4v) is 3.45. The molecule has 0 aromatic heterocycles. The number of carbonyl (C=O) groups is 2. The van der Waals surface area contributed by atoms with Crippen molar-refractivity contribution in [2.75, 3.05) is 16.4 Å². The number of anilines is 3. The van der Waals surface area contributed by atoms with Crippen LogP contribution < -0.4 is 16.4 Å². The molecule has 146 valence electrons. The molecule has 4 rings (SSSR count). The lowest BCUT2D eigenvalue weighted by Crippen LogP contribution is -2.16. The number of hydrogen-bond donors (Lipinski definition) is 3. The molecule has 0 bridgehead atoms. The molecule has 4 N–H and O–H groups in total. The molecular formula is C23H21N3O3. The Hall–Kier alpha value is -3.80. The SMILES string of the molecule is Nc1ccccc1NC(=O)c1ccc2c(c1)CCC2OC(=O)Nc1ccccc1. The minimum atomic E-state index is -0.490. The van der Waals surface area contributed by atoms with Crippen molar-refractivity contribution in [1.82, 2.24) is 0 Å². The molecule has 1 atom stereocenters. The van der Waals surface area contributed by atoms with Crippen molar-refractivity contribution in [2.45, 2.75) is 18.9 Å².